The van der Waals surface area contributed by atoms with E-state index in [1.165, 1.54) is 29.6 Å². The van der Waals surface area contributed by atoms with Crippen LogP contribution in [-0.2, 0) is 36.1 Å². The first-order valence-electron chi connectivity index (χ1n) is 11.2. The number of hydrogen-bond acceptors (Lipinski definition) is 4. The third-order valence-corrected chi connectivity index (χ3v) is 7.90. The molecule has 2 atom stereocenters. The summed E-state index contributed by atoms with van der Waals surface area (Å²) in [5, 5.41) is 3.75. The monoisotopic (exact) mass is 455 g/mol. The second-order valence-electron chi connectivity index (χ2n) is 8.62. The highest BCUT2D eigenvalue weighted by Gasteiger charge is 2.29. The number of rotatable bonds is 8. The molecule has 1 N–H and O–H groups in total. The maximum absolute atomic E-state index is 13.4. The van der Waals surface area contributed by atoms with Gasteiger partial charge in [0, 0.05) is 25.2 Å². The SMILES string of the molecule is CCNC1CCc2ccc(CCS(=O)(=O)c3cn(C)cn3)cc2C1Cc1ccc(F)cc1. The summed E-state index contributed by atoms with van der Waals surface area (Å²) < 4.78 is 40.4. The summed E-state index contributed by atoms with van der Waals surface area (Å²) in [5.41, 5.74) is 4.72. The molecule has 1 aliphatic rings. The van der Waals surface area contributed by atoms with Gasteiger partial charge in [0.1, 0.15) is 5.82 Å². The van der Waals surface area contributed by atoms with Crippen LogP contribution in [0.3, 0.4) is 0 Å². The minimum absolute atomic E-state index is 0.0298. The van der Waals surface area contributed by atoms with Crippen LogP contribution in [0.15, 0.2) is 60.0 Å². The predicted molar refractivity (Wildman–Crippen MR) is 124 cm³/mol. The highest BCUT2D eigenvalue weighted by atomic mass is 32.2. The lowest BCUT2D eigenvalue weighted by atomic mass is 9.75. The molecule has 0 fully saturated rings. The number of hydrogen-bond donors (Lipinski definition) is 1. The average Bonchev–Trinajstić information content (AvgIpc) is 3.23. The van der Waals surface area contributed by atoms with E-state index in [-0.39, 0.29) is 22.5 Å². The van der Waals surface area contributed by atoms with Crippen LogP contribution in [0.1, 0.15) is 41.5 Å². The van der Waals surface area contributed by atoms with Crippen molar-refractivity contribution in [1.29, 1.82) is 0 Å². The highest BCUT2D eigenvalue weighted by molar-refractivity contribution is 7.91. The first-order chi connectivity index (χ1) is 15.4. The Kier molecular flexibility index (Phi) is 6.76. The van der Waals surface area contributed by atoms with Gasteiger partial charge in [0.2, 0.25) is 0 Å². The molecular formula is C25H30FN3O2S. The lowest BCUT2D eigenvalue weighted by Gasteiger charge is -2.35. The van der Waals surface area contributed by atoms with Crippen LogP contribution < -0.4 is 5.32 Å². The van der Waals surface area contributed by atoms with Crippen molar-refractivity contribution in [2.45, 2.75) is 49.6 Å². The van der Waals surface area contributed by atoms with Crippen LogP contribution in [0, 0.1) is 5.82 Å². The van der Waals surface area contributed by atoms with E-state index in [2.05, 4.69) is 35.4 Å². The fourth-order valence-electron chi connectivity index (χ4n) is 4.64. The van der Waals surface area contributed by atoms with Crippen LogP contribution in [0.25, 0.3) is 0 Å². The molecule has 3 aromatic rings. The van der Waals surface area contributed by atoms with E-state index in [4.69, 9.17) is 0 Å². The van der Waals surface area contributed by atoms with E-state index in [9.17, 15) is 12.8 Å². The van der Waals surface area contributed by atoms with E-state index in [1.807, 2.05) is 12.1 Å². The van der Waals surface area contributed by atoms with Crippen LogP contribution in [-0.4, -0.2) is 36.3 Å². The fourth-order valence-corrected chi connectivity index (χ4v) is 5.89. The normalized spacial score (nSPS) is 18.5. The zero-order valence-electron chi connectivity index (χ0n) is 18.6. The molecular weight excluding hydrogens is 425 g/mol. The molecule has 2 aromatic carbocycles. The van der Waals surface area contributed by atoms with E-state index in [0.29, 0.717) is 12.5 Å². The first-order valence-corrected chi connectivity index (χ1v) is 12.8. The van der Waals surface area contributed by atoms with Crippen molar-refractivity contribution >= 4 is 9.84 Å². The van der Waals surface area contributed by atoms with E-state index in [0.717, 1.165) is 36.9 Å². The van der Waals surface area contributed by atoms with Crippen LogP contribution >= 0.6 is 0 Å². The molecule has 0 saturated carbocycles. The number of nitrogens with zero attached hydrogens (tertiary/aromatic N) is 2. The van der Waals surface area contributed by atoms with Gasteiger partial charge in [-0.05, 0) is 66.6 Å². The summed E-state index contributed by atoms with van der Waals surface area (Å²) in [6.07, 6.45) is 6.37. The van der Waals surface area contributed by atoms with Crippen molar-refractivity contribution in [3.63, 3.8) is 0 Å². The Morgan fingerprint density at radius 3 is 2.59 bits per heavy atom. The van der Waals surface area contributed by atoms with Gasteiger partial charge in [-0.25, -0.2) is 17.8 Å². The summed E-state index contributed by atoms with van der Waals surface area (Å²) >= 11 is 0. The number of fused-ring (bicyclic) bond motifs is 1. The largest absolute Gasteiger partial charge is 0.339 e. The van der Waals surface area contributed by atoms with Gasteiger partial charge in [-0.3, -0.25) is 0 Å². The van der Waals surface area contributed by atoms with Gasteiger partial charge in [-0.2, -0.15) is 0 Å². The molecule has 1 aliphatic carbocycles. The second-order valence-corrected chi connectivity index (χ2v) is 10.7. The van der Waals surface area contributed by atoms with E-state index in [1.54, 1.807) is 17.8 Å². The zero-order valence-corrected chi connectivity index (χ0v) is 19.4. The van der Waals surface area contributed by atoms with Crippen molar-refractivity contribution in [3.8, 4) is 0 Å². The summed E-state index contributed by atoms with van der Waals surface area (Å²) in [6.45, 7) is 3.01. The number of likely N-dealkylation sites (N-methyl/N-ethyl adjacent to an activating group) is 1. The Morgan fingerprint density at radius 2 is 1.91 bits per heavy atom. The Bertz CT molecular complexity index is 1170. The highest BCUT2D eigenvalue weighted by Crippen LogP contribution is 2.35. The molecule has 0 saturated heterocycles. The standard InChI is InChI=1S/C25H30FN3O2S/c1-3-27-24-11-8-20-7-4-19(12-13-32(30,31)25-16-29(2)17-28-25)14-22(20)23(24)15-18-5-9-21(26)10-6-18/h4-7,9-10,14,16-17,23-24,27H,3,8,11-13,15H2,1-2H3. The first kappa shape index (κ1) is 22.7. The van der Waals surface area contributed by atoms with Crippen molar-refractivity contribution < 1.29 is 12.8 Å². The predicted octanol–water partition coefficient (Wildman–Crippen LogP) is 3.83. The van der Waals surface area contributed by atoms with Gasteiger partial charge in [0.15, 0.2) is 14.9 Å². The number of aryl methyl sites for hydroxylation is 3. The van der Waals surface area contributed by atoms with Crippen LogP contribution in [0.2, 0.25) is 0 Å². The Balaban J connectivity index is 1.58. The molecule has 170 valence electrons. The van der Waals surface area contributed by atoms with Gasteiger partial charge in [-0.1, -0.05) is 37.3 Å². The fraction of sp³-hybridized carbons (Fsp3) is 0.400. The molecule has 5 nitrogen and oxygen atoms in total. The molecule has 0 bridgehead atoms. The maximum atomic E-state index is 13.4. The van der Waals surface area contributed by atoms with Gasteiger partial charge in [-0.15, -0.1) is 0 Å². The van der Waals surface area contributed by atoms with Crippen molar-refractivity contribution in [2.75, 3.05) is 12.3 Å². The number of benzene rings is 2. The van der Waals surface area contributed by atoms with Crippen LogP contribution in [0.5, 0.6) is 0 Å². The molecule has 0 radical (unpaired) electrons. The maximum Gasteiger partial charge on any atom is 0.197 e. The molecule has 7 heteroatoms. The lowest BCUT2D eigenvalue weighted by molar-refractivity contribution is 0.392. The van der Waals surface area contributed by atoms with Gasteiger partial charge < -0.3 is 9.88 Å². The Hall–Kier alpha value is -2.51. The minimum atomic E-state index is -3.42. The van der Waals surface area contributed by atoms with E-state index < -0.39 is 9.84 Å². The number of halogens is 1. The number of sulfone groups is 1. The molecule has 0 aliphatic heterocycles. The van der Waals surface area contributed by atoms with Gasteiger partial charge >= 0.3 is 0 Å². The Morgan fingerprint density at radius 1 is 1.16 bits per heavy atom. The smallest absolute Gasteiger partial charge is 0.197 e. The van der Waals surface area contributed by atoms with Crippen LogP contribution in [0.4, 0.5) is 4.39 Å². The van der Waals surface area contributed by atoms with Crippen molar-refractivity contribution in [2.24, 2.45) is 7.05 Å². The Labute approximate surface area is 189 Å². The number of imidazole rings is 1. The molecule has 0 spiro atoms. The summed E-state index contributed by atoms with van der Waals surface area (Å²) in [6, 6.07) is 13.5. The summed E-state index contributed by atoms with van der Waals surface area (Å²) in [5.74, 6) is 0.0659. The topological polar surface area (TPSA) is 64.0 Å². The molecule has 2 unspecified atom stereocenters. The molecule has 32 heavy (non-hydrogen) atoms. The molecule has 1 heterocycles. The molecule has 1 aromatic heterocycles. The number of aromatic nitrogens is 2. The molecule has 0 amide bonds. The quantitative estimate of drug-likeness (QED) is 0.561. The lowest BCUT2D eigenvalue weighted by Crippen LogP contribution is -2.39. The average molecular weight is 456 g/mol. The third-order valence-electron chi connectivity index (χ3n) is 6.31. The van der Waals surface area contributed by atoms with E-state index >= 15 is 0 Å². The zero-order chi connectivity index (χ0) is 22.7. The summed E-state index contributed by atoms with van der Waals surface area (Å²) in [7, 11) is -1.66. The summed E-state index contributed by atoms with van der Waals surface area (Å²) in [4.78, 5) is 4.01. The van der Waals surface area contributed by atoms with Gasteiger partial charge in [0.05, 0.1) is 12.1 Å². The third kappa shape index (κ3) is 5.10. The van der Waals surface area contributed by atoms with Crippen molar-refractivity contribution in [3.05, 3.63) is 83.1 Å². The number of nitrogens with one attached hydrogen (secondary N) is 1. The minimum Gasteiger partial charge on any atom is -0.339 e. The second kappa shape index (κ2) is 9.55. The van der Waals surface area contributed by atoms with Crippen molar-refractivity contribution in [1.82, 2.24) is 14.9 Å². The van der Waals surface area contributed by atoms with Gasteiger partial charge in [0.25, 0.3) is 0 Å². The molecule has 4 rings (SSSR count).